The zero-order valence-electron chi connectivity index (χ0n) is 17.9. The number of ether oxygens (including phenoxy) is 1. The number of nitrogens with zero attached hydrogens (tertiary/aromatic N) is 3. The number of rotatable bonds is 6. The molecule has 8 nitrogen and oxygen atoms in total. The van der Waals surface area contributed by atoms with E-state index in [4.69, 9.17) is 14.7 Å². The first-order valence-corrected chi connectivity index (χ1v) is 12.1. The van der Waals surface area contributed by atoms with Crippen molar-refractivity contribution in [1.82, 2.24) is 0 Å². The Kier molecular flexibility index (Phi) is 7.18. The van der Waals surface area contributed by atoms with Gasteiger partial charge in [-0.05, 0) is 20.9 Å². The van der Waals surface area contributed by atoms with Gasteiger partial charge in [-0.1, -0.05) is 86.5 Å². The second kappa shape index (κ2) is 9.50. The van der Waals surface area contributed by atoms with Gasteiger partial charge in [0.2, 0.25) is 0 Å². The Morgan fingerprint density at radius 1 is 1.00 bits per heavy atom. The van der Waals surface area contributed by atoms with E-state index in [2.05, 4.69) is 30.8 Å². The average molecular weight is 444 g/mol. The molecule has 31 heavy (non-hydrogen) atoms. The fourth-order valence-electron chi connectivity index (χ4n) is 4.21. The molecule has 0 aliphatic carbocycles. The second-order valence-corrected chi connectivity index (χ2v) is 12.9. The first-order chi connectivity index (χ1) is 14.8. The number of aliphatic hydroxyl groups is 3. The predicted molar refractivity (Wildman–Crippen MR) is 119 cm³/mol. The highest BCUT2D eigenvalue weighted by Gasteiger charge is 2.55. The van der Waals surface area contributed by atoms with Gasteiger partial charge in [-0.3, -0.25) is 0 Å². The first kappa shape index (κ1) is 23.4. The highest BCUT2D eigenvalue weighted by molar-refractivity contribution is 6.99. The molecule has 1 aliphatic heterocycles. The third-order valence-corrected chi connectivity index (χ3v) is 10.7. The molecule has 1 fully saturated rings. The normalized spacial score (nSPS) is 26.8. The third-order valence-electron chi connectivity index (χ3n) is 5.74. The molecule has 5 atom stereocenters. The lowest BCUT2D eigenvalue weighted by molar-refractivity contribution is -0.242. The zero-order valence-corrected chi connectivity index (χ0v) is 18.9. The van der Waals surface area contributed by atoms with Crippen molar-refractivity contribution in [3.63, 3.8) is 0 Å². The molecule has 0 amide bonds. The summed E-state index contributed by atoms with van der Waals surface area (Å²) >= 11 is 0. The Morgan fingerprint density at radius 2 is 1.52 bits per heavy atom. The molecule has 9 heteroatoms. The molecule has 1 heterocycles. The minimum atomic E-state index is -3.08. The van der Waals surface area contributed by atoms with Crippen LogP contribution in [0, 0.1) is 0 Å². The molecule has 0 unspecified atom stereocenters. The second-order valence-electron chi connectivity index (χ2n) is 8.68. The van der Waals surface area contributed by atoms with E-state index in [1.54, 1.807) is 0 Å². The summed E-state index contributed by atoms with van der Waals surface area (Å²) in [5.41, 5.74) is 9.07. The van der Waals surface area contributed by atoms with Crippen LogP contribution in [0.4, 0.5) is 0 Å². The quantitative estimate of drug-likeness (QED) is 0.271. The molecule has 0 radical (unpaired) electrons. The van der Waals surface area contributed by atoms with Crippen LogP contribution >= 0.6 is 0 Å². The number of azide groups is 1. The van der Waals surface area contributed by atoms with Crippen LogP contribution in [-0.4, -0.2) is 60.9 Å². The Balaban J connectivity index is 2.19. The standard InChI is InChI=1S/C22H29N3O5Si/c1-22(2,3)31(15-10-6-4-7-11-15,16-12-8-5-9-13-16)30-21-18(24-25-23)20(28)19(27)17(14-26)29-21/h4-13,17-21,26-28H,14H2,1-3H3/t17-,18-,19+,20-,21+/m1/s1. The van der Waals surface area contributed by atoms with Crippen molar-refractivity contribution in [2.24, 2.45) is 5.11 Å². The Morgan fingerprint density at radius 3 is 1.94 bits per heavy atom. The van der Waals surface area contributed by atoms with Crippen LogP contribution in [0.15, 0.2) is 65.8 Å². The molecular weight excluding hydrogens is 414 g/mol. The monoisotopic (exact) mass is 443 g/mol. The molecule has 1 saturated heterocycles. The predicted octanol–water partition coefficient (Wildman–Crippen LogP) is 1.68. The summed E-state index contributed by atoms with van der Waals surface area (Å²) in [7, 11) is -3.08. The van der Waals surface area contributed by atoms with Crippen molar-refractivity contribution in [2.75, 3.05) is 6.61 Å². The van der Waals surface area contributed by atoms with Gasteiger partial charge < -0.3 is 24.5 Å². The smallest absolute Gasteiger partial charge is 0.264 e. The first-order valence-electron chi connectivity index (χ1n) is 10.2. The van der Waals surface area contributed by atoms with E-state index < -0.39 is 45.6 Å². The summed E-state index contributed by atoms with van der Waals surface area (Å²) in [5.74, 6) is 0. The SMILES string of the molecule is CC(C)(C)[Si](O[C@@H]1O[C@H](CO)[C@H](O)[C@H](O)[C@H]1N=[N+]=[N-])(c1ccccc1)c1ccccc1. The fraction of sp³-hybridized carbons (Fsp3) is 0.455. The highest BCUT2D eigenvalue weighted by atomic mass is 28.4. The minimum absolute atomic E-state index is 0.379. The van der Waals surface area contributed by atoms with Gasteiger partial charge in [0.25, 0.3) is 8.32 Å². The number of hydrogen-bond acceptors (Lipinski definition) is 6. The maximum absolute atomic E-state index is 10.6. The number of benzene rings is 2. The van der Waals surface area contributed by atoms with Crippen LogP contribution in [0.2, 0.25) is 5.04 Å². The summed E-state index contributed by atoms with van der Waals surface area (Å²) in [6.45, 7) is 5.74. The lowest BCUT2D eigenvalue weighted by atomic mass is 9.98. The molecule has 2 aromatic rings. The van der Waals surface area contributed by atoms with E-state index >= 15 is 0 Å². The molecular formula is C22H29N3O5Si. The van der Waals surface area contributed by atoms with E-state index in [-0.39, 0.29) is 5.04 Å². The van der Waals surface area contributed by atoms with Crippen LogP contribution in [-0.2, 0) is 9.16 Å². The van der Waals surface area contributed by atoms with Gasteiger partial charge in [0.1, 0.15) is 18.2 Å². The van der Waals surface area contributed by atoms with Gasteiger partial charge in [-0.2, -0.15) is 0 Å². The van der Waals surface area contributed by atoms with Crippen molar-refractivity contribution in [3.8, 4) is 0 Å². The Bertz CT molecular complexity index is 863. The minimum Gasteiger partial charge on any atom is -0.394 e. The topological polar surface area (TPSA) is 128 Å². The molecule has 0 aromatic heterocycles. The maximum Gasteiger partial charge on any atom is 0.264 e. The van der Waals surface area contributed by atoms with Crippen LogP contribution in [0.1, 0.15) is 20.8 Å². The van der Waals surface area contributed by atoms with Crippen LogP contribution < -0.4 is 10.4 Å². The third kappa shape index (κ3) is 4.39. The molecule has 166 valence electrons. The summed E-state index contributed by atoms with van der Waals surface area (Å²) < 4.78 is 12.7. The van der Waals surface area contributed by atoms with Gasteiger partial charge in [0, 0.05) is 4.91 Å². The van der Waals surface area contributed by atoms with Crippen LogP contribution in [0.25, 0.3) is 10.4 Å². The lowest BCUT2D eigenvalue weighted by Crippen LogP contribution is -2.70. The highest BCUT2D eigenvalue weighted by Crippen LogP contribution is 2.39. The van der Waals surface area contributed by atoms with E-state index in [0.29, 0.717) is 0 Å². The summed E-state index contributed by atoms with van der Waals surface area (Å²) in [6.07, 6.45) is -5.06. The average Bonchev–Trinajstić information content (AvgIpc) is 2.77. The van der Waals surface area contributed by atoms with Crippen molar-refractivity contribution < 1.29 is 24.5 Å². The van der Waals surface area contributed by atoms with Crippen LogP contribution in [0.3, 0.4) is 0 Å². The van der Waals surface area contributed by atoms with Crippen molar-refractivity contribution in [2.45, 2.75) is 56.5 Å². The van der Waals surface area contributed by atoms with Gasteiger partial charge in [0.05, 0.1) is 12.7 Å². The molecule has 0 spiro atoms. The van der Waals surface area contributed by atoms with E-state index in [1.807, 2.05) is 60.7 Å². The molecule has 1 aliphatic rings. The number of aliphatic hydroxyl groups excluding tert-OH is 3. The van der Waals surface area contributed by atoms with E-state index in [9.17, 15) is 15.3 Å². The van der Waals surface area contributed by atoms with E-state index in [1.165, 1.54) is 0 Å². The zero-order chi connectivity index (χ0) is 22.6. The lowest BCUT2D eigenvalue weighted by Gasteiger charge is -2.48. The molecule has 0 bridgehead atoms. The summed E-state index contributed by atoms with van der Waals surface area (Å²) in [4.78, 5) is 2.83. The molecule has 0 saturated carbocycles. The van der Waals surface area contributed by atoms with Gasteiger partial charge in [-0.15, -0.1) is 0 Å². The largest absolute Gasteiger partial charge is 0.394 e. The number of hydrogen-bond donors (Lipinski definition) is 3. The maximum atomic E-state index is 10.6. The van der Waals surface area contributed by atoms with Crippen molar-refractivity contribution in [1.29, 1.82) is 0 Å². The fourth-order valence-corrected chi connectivity index (χ4v) is 8.77. The molecule has 3 N–H and O–H groups in total. The summed E-state index contributed by atoms with van der Waals surface area (Å²) in [6, 6.07) is 18.5. The molecule has 2 aromatic carbocycles. The Labute approximate surface area is 182 Å². The van der Waals surface area contributed by atoms with E-state index in [0.717, 1.165) is 10.4 Å². The van der Waals surface area contributed by atoms with Gasteiger partial charge in [0.15, 0.2) is 6.29 Å². The van der Waals surface area contributed by atoms with Gasteiger partial charge in [-0.25, -0.2) is 0 Å². The molecule has 3 rings (SSSR count). The van der Waals surface area contributed by atoms with Crippen molar-refractivity contribution in [3.05, 3.63) is 71.1 Å². The Hall–Kier alpha value is -2.23. The summed E-state index contributed by atoms with van der Waals surface area (Å²) in [5, 5.41) is 35.8. The van der Waals surface area contributed by atoms with Crippen LogP contribution in [0.5, 0.6) is 0 Å². The van der Waals surface area contributed by atoms with Crippen molar-refractivity contribution >= 4 is 18.7 Å². The van der Waals surface area contributed by atoms with Gasteiger partial charge >= 0.3 is 0 Å².